The second kappa shape index (κ2) is 9.21. The minimum Gasteiger partial charge on any atom is -1.00 e. The van der Waals surface area contributed by atoms with E-state index in [0.29, 0.717) is 0 Å². The van der Waals surface area contributed by atoms with Crippen molar-refractivity contribution in [3.05, 3.63) is 91.0 Å². The molecule has 0 fully saturated rings. The van der Waals surface area contributed by atoms with Crippen molar-refractivity contribution in [3.63, 3.8) is 0 Å². The summed E-state index contributed by atoms with van der Waals surface area (Å²) < 4.78 is 4.23. The van der Waals surface area contributed by atoms with Crippen LogP contribution in [-0.4, -0.2) is 0 Å². The standard InChI is InChI=1S/C20H20N2.2ClH/c1-3-17-4-6-18(7-5-17)16-22-14-10-20(11-15-22)19-8-12-21(2)13-9-19;;/h3-15H,1,16H2,2H3;2*1H/q+2;;/p-2. The number of benzene rings is 1. The molecule has 24 heavy (non-hydrogen) atoms. The fourth-order valence-corrected chi connectivity index (χ4v) is 2.42. The molecule has 1 aromatic carbocycles. The Hall–Kier alpha value is -2.16. The molecule has 0 saturated heterocycles. The normalized spacial score (nSPS) is 9.54. The summed E-state index contributed by atoms with van der Waals surface area (Å²) in [6, 6.07) is 17.1. The van der Waals surface area contributed by atoms with E-state index in [9.17, 15) is 0 Å². The highest BCUT2D eigenvalue weighted by Crippen LogP contribution is 2.15. The highest BCUT2D eigenvalue weighted by atomic mass is 35.5. The summed E-state index contributed by atoms with van der Waals surface area (Å²) in [6.07, 6.45) is 10.3. The van der Waals surface area contributed by atoms with Crippen LogP contribution < -0.4 is 33.9 Å². The van der Waals surface area contributed by atoms with Crippen molar-refractivity contribution in [1.82, 2.24) is 0 Å². The first-order valence-electron chi connectivity index (χ1n) is 7.41. The smallest absolute Gasteiger partial charge is 0.173 e. The molecule has 0 aliphatic rings. The average Bonchev–Trinajstić information content (AvgIpc) is 2.57. The number of nitrogens with zero attached hydrogens (tertiary/aromatic N) is 2. The van der Waals surface area contributed by atoms with Crippen LogP contribution in [0, 0.1) is 0 Å². The lowest BCUT2D eigenvalue weighted by molar-refractivity contribution is -0.688. The van der Waals surface area contributed by atoms with Crippen molar-refractivity contribution < 1.29 is 33.9 Å². The summed E-state index contributed by atoms with van der Waals surface area (Å²) in [4.78, 5) is 0. The number of aromatic nitrogens is 2. The lowest BCUT2D eigenvalue weighted by Gasteiger charge is -2.01. The number of aryl methyl sites for hydroxylation is 1. The highest BCUT2D eigenvalue weighted by molar-refractivity contribution is 5.60. The van der Waals surface area contributed by atoms with E-state index in [0.717, 1.165) is 12.1 Å². The molecule has 0 bridgehead atoms. The van der Waals surface area contributed by atoms with Crippen LogP contribution >= 0.6 is 0 Å². The molecule has 0 N–H and O–H groups in total. The molecule has 4 heteroatoms. The van der Waals surface area contributed by atoms with Crippen LogP contribution in [0.3, 0.4) is 0 Å². The van der Waals surface area contributed by atoms with Gasteiger partial charge in [-0.15, -0.1) is 0 Å². The molecule has 124 valence electrons. The SMILES string of the molecule is C=Cc1ccc(C[n+]2ccc(-c3cc[n+](C)cc3)cc2)cc1.[Cl-].[Cl-]. The van der Waals surface area contributed by atoms with Crippen molar-refractivity contribution >= 4 is 6.08 Å². The Kier molecular flexibility index (Phi) is 7.63. The molecule has 0 aliphatic carbocycles. The molecule has 2 heterocycles. The zero-order valence-corrected chi connectivity index (χ0v) is 15.1. The third kappa shape index (κ3) is 4.92. The maximum atomic E-state index is 3.78. The molecule has 3 aromatic rings. The summed E-state index contributed by atoms with van der Waals surface area (Å²) in [5, 5.41) is 0. The van der Waals surface area contributed by atoms with Crippen LogP contribution in [0.2, 0.25) is 0 Å². The summed E-state index contributed by atoms with van der Waals surface area (Å²) in [7, 11) is 2.03. The second-order valence-electron chi connectivity index (χ2n) is 5.46. The zero-order chi connectivity index (χ0) is 15.4. The first-order valence-corrected chi connectivity index (χ1v) is 7.41. The maximum absolute atomic E-state index is 3.78. The molecule has 0 unspecified atom stereocenters. The molecule has 0 spiro atoms. The van der Waals surface area contributed by atoms with Gasteiger partial charge in [0.2, 0.25) is 0 Å². The molecule has 0 saturated carbocycles. The highest BCUT2D eigenvalue weighted by Gasteiger charge is 2.05. The molecule has 3 rings (SSSR count). The molecular formula is C20H20Cl2N2. The van der Waals surface area contributed by atoms with Crippen molar-refractivity contribution in [1.29, 1.82) is 0 Å². The number of hydrogen-bond donors (Lipinski definition) is 0. The molecule has 0 radical (unpaired) electrons. The van der Waals surface area contributed by atoms with Gasteiger partial charge in [-0.25, -0.2) is 9.13 Å². The second-order valence-corrected chi connectivity index (χ2v) is 5.46. The van der Waals surface area contributed by atoms with E-state index in [2.05, 4.69) is 84.5 Å². The topological polar surface area (TPSA) is 7.76 Å². The molecule has 0 atom stereocenters. The average molecular weight is 359 g/mol. The van der Waals surface area contributed by atoms with E-state index >= 15 is 0 Å². The van der Waals surface area contributed by atoms with E-state index in [1.54, 1.807) is 0 Å². The van der Waals surface area contributed by atoms with E-state index in [-0.39, 0.29) is 24.8 Å². The van der Waals surface area contributed by atoms with Crippen molar-refractivity contribution in [2.45, 2.75) is 6.54 Å². The summed E-state index contributed by atoms with van der Waals surface area (Å²) >= 11 is 0. The van der Waals surface area contributed by atoms with Crippen LogP contribution in [0.5, 0.6) is 0 Å². The van der Waals surface area contributed by atoms with Gasteiger partial charge in [0, 0.05) is 29.8 Å². The van der Waals surface area contributed by atoms with E-state index < -0.39 is 0 Å². The Balaban J connectivity index is 0.00000144. The van der Waals surface area contributed by atoms with Crippen LogP contribution in [0.1, 0.15) is 11.1 Å². The third-order valence-corrected chi connectivity index (χ3v) is 3.78. The van der Waals surface area contributed by atoms with E-state index in [1.165, 1.54) is 16.7 Å². The quantitative estimate of drug-likeness (QED) is 0.444. The number of rotatable bonds is 4. The van der Waals surface area contributed by atoms with Gasteiger partial charge < -0.3 is 24.8 Å². The first-order chi connectivity index (χ1) is 10.7. The van der Waals surface area contributed by atoms with E-state index in [1.807, 2.05) is 17.7 Å². The molecule has 2 aromatic heterocycles. The molecular weight excluding hydrogens is 339 g/mol. The predicted molar refractivity (Wildman–Crippen MR) is 88.9 cm³/mol. The lowest BCUT2D eigenvalue weighted by Crippen LogP contribution is -3.00. The molecule has 0 amide bonds. The minimum atomic E-state index is 0. The van der Waals surface area contributed by atoms with Gasteiger partial charge in [-0.3, -0.25) is 0 Å². The summed E-state index contributed by atoms with van der Waals surface area (Å²) in [5.74, 6) is 0. The van der Waals surface area contributed by atoms with Gasteiger partial charge in [0.05, 0.1) is 0 Å². The Bertz CT molecular complexity index is 764. The number of pyridine rings is 2. The van der Waals surface area contributed by atoms with Crippen molar-refractivity contribution in [3.8, 4) is 11.1 Å². The number of halogens is 2. The Morgan fingerprint density at radius 2 is 1.29 bits per heavy atom. The Morgan fingerprint density at radius 3 is 1.79 bits per heavy atom. The van der Waals surface area contributed by atoms with Crippen molar-refractivity contribution in [2.24, 2.45) is 7.05 Å². The fraction of sp³-hybridized carbons (Fsp3) is 0.100. The largest absolute Gasteiger partial charge is 1.00 e. The molecule has 0 aliphatic heterocycles. The minimum absolute atomic E-state index is 0. The summed E-state index contributed by atoms with van der Waals surface area (Å²) in [6.45, 7) is 4.66. The van der Waals surface area contributed by atoms with Crippen LogP contribution in [0.25, 0.3) is 17.2 Å². The van der Waals surface area contributed by atoms with Gasteiger partial charge in [-0.2, -0.15) is 0 Å². The van der Waals surface area contributed by atoms with Gasteiger partial charge >= 0.3 is 0 Å². The number of hydrogen-bond acceptors (Lipinski definition) is 0. The van der Waals surface area contributed by atoms with E-state index in [4.69, 9.17) is 0 Å². The monoisotopic (exact) mass is 358 g/mol. The van der Waals surface area contributed by atoms with Gasteiger partial charge in [0.15, 0.2) is 31.3 Å². The van der Waals surface area contributed by atoms with Crippen LogP contribution in [0.15, 0.2) is 79.9 Å². The van der Waals surface area contributed by atoms with Gasteiger partial charge in [0.1, 0.15) is 7.05 Å². The van der Waals surface area contributed by atoms with Crippen LogP contribution in [0.4, 0.5) is 0 Å². The lowest BCUT2D eigenvalue weighted by atomic mass is 10.1. The summed E-state index contributed by atoms with van der Waals surface area (Å²) in [5.41, 5.74) is 4.91. The van der Waals surface area contributed by atoms with Gasteiger partial charge in [0.25, 0.3) is 0 Å². The van der Waals surface area contributed by atoms with Crippen molar-refractivity contribution in [2.75, 3.05) is 0 Å². The predicted octanol–water partition coefficient (Wildman–Crippen LogP) is -2.84. The fourth-order valence-electron chi connectivity index (χ4n) is 2.42. The van der Waals surface area contributed by atoms with Gasteiger partial charge in [-0.1, -0.05) is 36.9 Å². The maximum Gasteiger partial charge on any atom is 0.173 e. The Labute approximate surface area is 155 Å². The molecule has 2 nitrogen and oxygen atoms in total. The first kappa shape index (κ1) is 19.9. The zero-order valence-electron chi connectivity index (χ0n) is 13.6. The third-order valence-electron chi connectivity index (χ3n) is 3.78. The van der Waals surface area contributed by atoms with Crippen LogP contribution in [-0.2, 0) is 13.6 Å². The Morgan fingerprint density at radius 1 is 0.792 bits per heavy atom. The van der Waals surface area contributed by atoms with Gasteiger partial charge in [-0.05, 0) is 16.7 Å².